The fraction of sp³-hybridized carbons (Fsp3) is 0.364. The molecule has 2 aromatic heterocycles. The molecule has 0 saturated carbocycles. The van der Waals surface area contributed by atoms with Gasteiger partial charge >= 0.3 is 6.18 Å². The molecule has 0 radical (unpaired) electrons. The fourth-order valence-corrected chi connectivity index (χ4v) is 3.34. The monoisotopic (exact) mass is 484 g/mol. The molecule has 1 N–H and O–H groups in total. The number of aromatic nitrogens is 4. The van der Waals surface area contributed by atoms with E-state index in [0.717, 1.165) is 0 Å². The zero-order valence-electron chi connectivity index (χ0n) is 18.3. The van der Waals surface area contributed by atoms with E-state index in [1.807, 2.05) is 13.8 Å². The number of thioether (sulfide) groups is 1. The lowest BCUT2D eigenvalue weighted by Crippen LogP contribution is -2.32. The smallest absolute Gasteiger partial charge is 0.268 e. The van der Waals surface area contributed by atoms with Gasteiger partial charge in [0.25, 0.3) is 11.1 Å². The molecule has 3 aromatic rings. The molecule has 0 aliphatic rings. The Kier molecular flexibility index (Phi) is 9.39. The second-order valence-electron chi connectivity index (χ2n) is 7.51. The van der Waals surface area contributed by atoms with Gasteiger partial charge < -0.3 is 0 Å². The van der Waals surface area contributed by atoms with Crippen molar-refractivity contribution in [1.29, 1.82) is 0 Å². The van der Waals surface area contributed by atoms with Crippen molar-refractivity contribution in [3.8, 4) is 11.1 Å². The lowest BCUT2D eigenvalue weighted by atomic mass is 9.96. The van der Waals surface area contributed by atoms with E-state index in [4.69, 9.17) is 0 Å². The molecule has 0 saturated heterocycles. The van der Waals surface area contributed by atoms with Crippen molar-refractivity contribution in [3.63, 3.8) is 0 Å². The predicted octanol–water partition coefficient (Wildman–Crippen LogP) is 4.69. The molecule has 0 bridgehead atoms. The summed E-state index contributed by atoms with van der Waals surface area (Å²) in [5.74, 6) is -0.175. The van der Waals surface area contributed by atoms with Crippen LogP contribution in [0.4, 0.5) is 17.6 Å². The number of hydrogen-bond acceptors (Lipinski definition) is 5. The third-order valence-corrected chi connectivity index (χ3v) is 5.26. The van der Waals surface area contributed by atoms with Gasteiger partial charge in [0.05, 0.1) is 6.20 Å². The Morgan fingerprint density at radius 1 is 1.18 bits per heavy atom. The largest absolute Gasteiger partial charge is 0.408 e. The minimum atomic E-state index is -4.54. The van der Waals surface area contributed by atoms with Crippen molar-refractivity contribution >= 4 is 11.8 Å². The zero-order valence-corrected chi connectivity index (χ0v) is 19.1. The number of nitrogens with zero attached hydrogens (tertiary/aromatic N) is 3. The Morgan fingerprint density at radius 3 is 2.39 bits per heavy atom. The minimum absolute atomic E-state index is 0.164. The van der Waals surface area contributed by atoms with Gasteiger partial charge in [-0.25, -0.2) is 14.2 Å². The molecule has 2 heterocycles. The van der Waals surface area contributed by atoms with Gasteiger partial charge in [-0.1, -0.05) is 19.9 Å². The molecule has 11 heteroatoms. The topological polar surface area (TPSA) is 80.6 Å². The molecule has 0 amide bonds. The van der Waals surface area contributed by atoms with Crippen molar-refractivity contribution in [1.82, 2.24) is 20.0 Å². The van der Waals surface area contributed by atoms with Gasteiger partial charge in [0.1, 0.15) is 12.4 Å². The molecule has 0 unspecified atom stereocenters. The van der Waals surface area contributed by atoms with Crippen molar-refractivity contribution < 1.29 is 17.6 Å². The molecule has 0 aliphatic carbocycles. The quantitative estimate of drug-likeness (QED) is 0.406. The third-order valence-electron chi connectivity index (χ3n) is 4.49. The Balaban J connectivity index is 0.000000468. The van der Waals surface area contributed by atoms with Crippen LogP contribution < -0.4 is 11.1 Å². The number of halogens is 4. The molecule has 0 atom stereocenters. The van der Waals surface area contributed by atoms with Crippen molar-refractivity contribution in [2.24, 2.45) is 5.92 Å². The van der Waals surface area contributed by atoms with Crippen LogP contribution in [0.5, 0.6) is 0 Å². The summed E-state index contributed by atoms with van der Waals surface area (Å²) in [6, 6.07) is 7.52. The molecule has 33 heavy (non-hydrogen) atoms. The lowest BCUT2D eigenvalue weighted by molar-refractivity contribution is -0.143. The summed E-state index contributed by atoms with van der Waals surface area (Å²) in [5.41, 5.74) is 0.0926. The Bertz CT molecular complexity index is 1160. The third kappa shape index (κ3) is 8.16. The highest BCUT2D eigenvalue weighted by Gasteiger charge is 2.30. The van der Waals surface area contributed by atoms with Crippen LogP contribution in [0.25, 0.3) is 11.1 Å². The first-order valence-electron chi connectivity index (χ1n) is 10.0. The molecule has 0 aliphatic heterocycles. The minimum Gasteiger partial charge on any atom is -0.268 e. The first-order chi connectivity index (χ1) is 15.5. The van der Waals surface area contributed by atoms with Crippen LogP contribution >= 0.6 is 11.8 Å². The second kappa shape index (κ2) is 11.8. The highest BCUT2D eigenvalue weighted by atomic mass is 32.2. The second-order valence-corrected chi connectivity index (χ2v) is 8.36. The van der Waals surface area contributed by atoms with Crippen LogP contribution in [-0.4, -0.2) is 32.4 Å². The summed E-state index contributed by atoms with van der Waals surface area (Å²) in [6.07, 6.45) is 0.866. The number of alkyl halides is 3. The van der Waals surface area contributed by atoms with Crippen molar-refractivity contribution in [2.75, 3.05) is 6.26 Å². The summed E-state index contributed by atoms with van der Waals surface area (Å²) in [4.78, 5) is 23.2. The van der Waals surface area contributed by atoms with Crippen molar-refractivity contribution in [3.05, 3.63) is 74.8 Å². The summed E-state index contributed by atoms with van der Waals surface area (Å²) in [5, 5.41) is 9.33. The molecule has 1 aromatic carbocycles. The highest BCUT2D eigenvalue weighted by molar-refractivity contribution is 7.98. The molecule has 178 valence electrons. The number of hydrogen-bond donors (Lipinski definition) is 1. The van der Waals surface area contributed by atoms with Gasteiger partial charge in [-0.15, -0.1) is 11.8 Å². The molecular formula is C22H24F4N4O2S. The number of H-pyrrole nitrogens is 1. The lowest BCUT2D eigenvalue weighted by Gasteiger charge is -2.15. The average molecular weight is 485 g/mol. The summed E-state index contributed by atoms with van der Waals surface area (Å²) >= 11 is 1.25. The van der Waals surface area contributed by atoms with Gasteiger partial charge in [-0.2, -0.15) is 23.4 Å². The molecule has 0 spiro atoms. The maximum atomic E-state index is 14.1. The van der Waals surface area contributed by atoms with Crippen molar-refractivity contribution in [2.45, 2.75) is 44.3 Å². The van der Waals surface area contributed by atoms with Crippen LogP contribution in [-0.2, 0) is 13.0 Å². The first kappa shape index (κ1) is 26.3. The van der Waals surface area contributed by atoms with E-state index >= 15 is 0 Å². The van der Waals surface area contributed by atoms with Gasteiger partial charge in [-0.3, -0.25) is 9.59 Å². The van der Waals surface area contributed by atoms with Gasteiger partial charge in [0.15, 0.2) is 0 Å². The maximum Gasteiger partial charge on any atom is 0.408 e. The molecule has 0 fully saturated rings. The molecule has 6 nitrogen and oxygen atoms in total. The number of aromatic amines is 1. The Hall–Kier alpha value is -2.95. The normalized spacial score (nSPS) is 11.3. The number of benzene rings is 1. The summed E-state index contributed by atoms with van der Waals surface area (Å²) in [7, 11) is 0. The van der Waals surface area contributed by atoms with E-state index in [0.29, 0.717) is 33.5 Å². The van der Waals surface area contributed by atoms with Gasteiger partial charge in [0, 0.05) is 28.3 Å². The fourth-order valence-electron chi connectivity index (χ4n) is 2.88. The first-order valence-corrected chi connectivity index (χ1v) is 11.2. The number of nitrogens with one attached hydrogen (secondary N) is 1. The maximum absolute atomic E-state index is 14.1. The predicted molar refractivity (Wildman–Crippen MR) is 120 cm³/mol. The van der Waals surface area contributed by atoms with E-state index in [-0.39, 0.29) is 17.0 Å². The van der Waals surface area contributed by atoms with E-state index in [9.17, 15) is 27.2 Å². The SMILES string of the molecule is CSc1ccc(-c2cnn(CC(F)(F)F)c(=O)c2CCC(C)C)cc1F.O=c1cccn[nH]1. The highest BCUT2D eigenvalue weighted by Crippen LogP contribution is 2.28. The van der Waals surface area contributed by atoms with Gasteiger partial charge in [0.2, 0.25) is 0 Å². The van der Waals surface area contributed by atoms with E-state index in [1.54, 1.807) is 24.5 Å². The van der Waals surface area contributed by atoms with E-state index in [1.165, 1.54) is 36.3 Å². The molecule has 3 rings (SSSR count). The van der Waals surface area contributed by atoms with Gasteiger partial charge in [-0.05, 0) is 48.8 Å². The Labute approximate surface area is 192 Å². The molecular weight excluding hydrogens is 460 g/mol. The zero-order chi connectivity index (χ0) is 24.6. The van der Waals surface area contributed by atoms with E-state index < -0.39 is 24.1 Å². The van der Waals surface area contributed by atoms with E-state index in [2.05, 4.69) is 15.3 Å². The summed E-state index contributed by atoms with van der Waals surface area (Å²) < 4.78 is 52.6. The average Bonchev–Trinajstić information content (AvgIpc) is 2.74. The van der Waals surface area contributed by atoms with Crippen LogP contribution in [0.2, 0.25) is 0 Å². The summed E-state index contributed by atoms with van der Waals surface area (Å²) in [6.45, 7) is 2.48. The van der Waals surface area contributed by atoms with Crippen LogP contribution in [0.15, 0.2) is 57.2 Å². The van der Waals surface area contributed by atoms with Crippen LogP contribution in [0, 0.1) is 11.7 Å². The van der Waals surface area contributed by atoms with Crippen LogP contribution in [0.1, 0.15) is 25.8 Å². The Morgan fingerprint density at radius 2 is 1.91 bits per heavy atom. The number of rotatable bonds is 6. The van der Waals surface area contributed by atoms with Crippen LogP contribution in [0.3, 0.4) is 0 Å². The standard InChI is InChI=1S/C18H20F4N2OS.C4H4N2O/c1-11(2)4-6-13-14(12-5-7-16(26-3)15(19)8-12)9-23-24(17(13)25)10-18(20,21)22;7-4-2-1-3-5-6-4/h5,7-9,11H,4,6,10H2,1-3H3;1-3H,(H,6,7).